The Morgan fingerprint density at radius 1 is 1.56 bits per heavy atom. The molecule has 1 saturated carbocycles. The number of aromatic hydroxyl groups is 1. The van der Waals surface area contributed by atoms with Gasteiger partial charge >= 0.3 is 0 Å². The first-order chi connectivity index (χ1) is 7.59. The van der Waals surface area contributed by atoms with Crippen LogP contribution in [0.5, 0.6) is 5.75 Å². The average molecular weight is 224 g/mol. The summed E-state index contributed by atoms with van der Waals surface area (Å²) in [6, 6.07) is 4.03. The molecule has 0 heterocycles. The Bertz CT molecular complexity index is 429. The Balaban J connectivity index is 2.46. The Labute approximate surface area is 91.7 Å². The fraction of sp³-hybridized carbons (Fsp3) is 0.400. The summed E-state index contributed by atoms with van der Waals surface area (Å²) in [6.45, 7) is 0.233. The predicted octanol–water partition coefficient (Wildman–Crippen LogP) is 1.22. The molecule has 0 atom stereocenters. The van der Waals surface area contributed by atoms with Gasteiger partial charge in [-0.3, -0.25) is 10.1 Å². The highest BCUT2D eigenvalue weighted by Gasteiger charge is 2.48. The van der Waals surface area contributed by atoms with E-state index in [1.807, 2.05) is 0 Å². The third-order valence-electron chi connectivity index (χ3n) is 2.96. The number of rotatable bonds is 4. The quantitative estimate of drug-likeness (QED) is 0.591. The molecule has 6 heteroatoms. The van der Waals surface area contributed by atoms with Crippen molar-refractivity contribution in [2.24, 2.45) is 5.90 Å². The summed E-state index contributed by atoms with van der Waals surface area (Å²) in [4.78, 5) is 15.0. The SMILES string of the molecule is NOCC1(c2cc(O)ccc2[N+](=O)[O-])CC1. The van der Waals surface area contributed by atoms with E-state index >= 15 is 0 Å². The van der Waals surface area contributed by atoms with E-state index in [0.29, 0.717) is 5.56 Å². The minimum atomic E-state index is -0.453. The lowest BCUT2D eigenvalue weighted by Gasteiger charge is -2.14. The van der Waals surface area contributed by atoms with Crippen LogP contribution in [0.25, 0.3) is 0 Å². The minimum Gasteiger partial charge on any atom is -0.508 e. The Morgan fingerprint density at radius 2 is 2.25 bits per heavy atom. The van der Waals surface area contributed by atoms with Gasteiger partial charge in [0, 0.05) is 17.0 Å². The molecule has 0 aliphatic heterocycles. The molecule has 1 aliphatic rings. The van der Waals surface area contributed by atoms with Gasteiger partial charge in [0.15, 0.2) is 0 Å². The number of nitro groups is 1. The minimum absolute atomic E-state index is 0.00681. The summed E-state index contributed by atoms with van der Waals surface area (Å²) in [7, 11) is 0. The van der Waals surface area contributed by atoms with Crippen molar-refractivity contribution in [3.8, 4) is 5.75 Å². The van der Waals surface area contributed by atoms with Crippen LogP contribution in [0.3, 0.4) is 0 Å². The second-order valence-electron chi connectivity index (χ2n) is 4.05. The normalized spacial score (nSPS) is 17.1. The van der Waals surface area contributed by atoms with Crippen LogP contribution < -0.4 is 5.90 Å². The largest absolute Gasteiger partial charge is 0.508 e. The van der Waals surface area contributed by atoms with Crippen molar-refractivity contribution in [2.45, 2.75) is 18.3 Å². The highest BCUT2D eigenvalue weighted by molar-refractivity contribution is 5.51. The number of nitro benzene ring substituents is 1. The summed E-state index contributed by atoms with van der Waals surface area (Å²) >= 11 is 0. The number of hydrogen-bond acceptors (Lipinski definition) is 5. The number of benzene rings is 1. The van der Waals surface area contributed by atoms with Gasteiger partial charge in [-0.25, -0.2) is 5.90 Å². The molecule has 0 radical (unpaired) electrons. The van der Waals surface area contributed by atoms with Crippen molar-refractivity contribution in [3.63, 3.8) is 0 Å². The van der Waals surface area contributed by atoms with Crippen LogP contribution in [-0.4, -0.2) is 16.6 Å². The van der Waals surface area contributed by atoms with Gasteiger partial charge in [0.1, 0.15) is 5.75 Å². The third kappa shape index (κ3) is 1.72. The molecule has 1 aromatic carbocycles. The van der Waals surface area contributed by atoms with Crippen LogP contribution >= 0.6 is 0 Å². The molecule has 2 rings (SSSR count). The van der Waals surface area contributed by atoms with E-state index in [1.54, 1.807) is 0 Å². The maximum absolute atomic E-state index is 10.9. The Morgan fingerprint density at radius 3 is 2.75 bits per heavy atom. The van der Waals surface area contributed by atoms with Crippen LogP contribution in [0.2, 0.25) is 0 Å². The highest BCUT2D eigenvalue weighted by Crippen LogP contribution is 2.51. The lowest BCUT2D eigenvalue weighted by molar-refractivity contribution is -0.385. The van der Waals surface area contributed by atoms with Crippen LogP contribution in [0, 0.1) is 10.1 Å². The maximum atomic E-state index is 10.9. The van der Waals surface area contributed by atoms with Gasteiger partial charge in [-0.2, -0.15) is 0 Å². The van der Waals surface area contributed by atoms with Gasteiger partial charge in [-0.15, -0.1) is 0 Å². The predicted molar refractivity (Wildman–Crippen MR) is 55.8 cm³/mol. The summed E-state index contributed by atoms with van der Waals surface area (Å²) in [5.41, 5.74) is 0.117. The molecule has 6 nitrogen and oxygen atoms in total. The number of hydrogen-bond donors (Lipinski definition) is 2. The van der Waals surface area contributed by atoms with Gasteiger partial charge in [0.05, 0.1) is 11.5 Å². The number of phenols is 1. The van der Waals surface area contributed by atoms with Crippen LogP contribution in [0.15, 0.2) is 18.2 Å². The molecule has 3 N–H and O–H groups in total. The molecule has 1 fully saturated rings. The molecule has 1 aromatic rings. The molecule has 86 valence electrons. The fourth-order valence-corrected chi connectivity index (χ4v) is 1.91. The zero-order chi connectivity index (χ0) is 11.8. The molecule has 0 unspecified atom stereocenters. The smallest absolute Gasteiger partial charge is 0.273 e. The zero-order valence-corrected chi connectivity index (χ0v) is 8.55. The third-order valence-corrected chi connectivity index (χ3v) is 2.96. The first-order valence-electron chi connectivity index (χ1n) is 4.89. The molecule has 0 spiro atoms. The zero-order valence-electron chi connectivity index (χ0n) is 8.55. The van der Waals surface area contributed by atoms with Crippen LogP contribution in [-0.2, 0) is 10.3 Å². The molecule has 0 aromatic heterocycles. The van der Waals surface area contributed by atoms with E-state index in [2.05, 4.69) is 4.84 Å². The van der Waals surface area contributed by atoms with Crippen LogP contribution in [0.1, 0.15) is 18.4 Å². The van der Waals surface area contributed by atoms with Gasteiger partial charge in [-0.1, -0.05) is 0 Å². The molecule has 16 heavy (non-hydrogen) atoms. The molecule has 0 bridgehead atoms. The fourth-order valence-electron chi connectivity index (χ4n) is 1.91. The number of nitrogens with zero attached hydrogens (tertiary/aromatic N) is 1. The Kier molecular flexibility index (Phi) is 2.53. The standard InChI is InChI=1S/C10H12N2O4/c11-16-6-10(3-4-10)8-5-7(13)1-2-9(8)12(14)15/h1-2,5,13H,3-4,6,11H2. The van der Waals surface area contributed by atoms with Gasteiger partial charge in [-0.05, 0) is 25.0 Å². The molecule has 0 amide bonds. The van der Waals surface area contributed by atoms with E-state index in [-0.39, 0.29) is 18.0 Å². The Hall–Kier alpha value is -1.66. The van der Waals surface area contributed by atoms with Crippen molar-refractivity contribution in [2.75, 3.05) is 6.61 Å². The van der Waals surface area contributed by atoms with Gasteiger partial charge in [0.25, 0.3) is 5.69 Å². The van der Waals surface area contributed by atoms with E-state index in [1.165, 1.54) is 18.2 Å². The van der Waals surface area contributed by atoms with Gasteiger partial charge < -0.3 is 9.94 Å². The summed E-state index contributed by atoms with van der Waals surface area (Å²) in [6.07, 6.45) is 1.57. The molecule has 0 saturated heterocycles. The molecular weight excluding hydrogens is 212 g/mol. The van der Waals surface area contributed by atoms with Crippen molar-refractivity contribution >= 4 is 5.69 Å². The van der Waals surface area contributed by atoms with Crippen molar-refractivity contribution in [1.82, 2.24) is 0 Å². The molecular formula is C10H12N2O4. The summed E-state index contributed by atoms with van der Waals surface area (Å²) in [5.74, 6) is 5.04. The summed E-state index contributed by atoms with van der Waals surface area (Å²) < 4.78 is 0. The number of nitrogens with two attached hydrogens (primary N) is 1. The van der Waals surface area contributed by atoms with E-state index in [9.17, 15) is 15.2 Å². The monoisotopic (exact) mass is 224 g/mol. The second kappa shape index (κ2) is 3.73. The highest BCUT2D eigenvalue weighted by atomic mass is 16.6. The maximum Gasteiger partial charge on any atom is 0.273 e. The number of phenolic OH excluding ortho intramolecular Hbond substituents is 1. The lowest BCUT2D eigenvalue weighted by Crippen LogP contribution is -2.19. The first-order valence-corrected chi connectivity index (χ1v) is 4.89. The van der Waals surface area contributed by atoms with Crippen molar-refractivity contribution in [3.05, 3.63) is 33.9 Å². The topological polar surface area (TPSA) is 98.6 Å². The van der Waals surface area contributed by atoms with Crippen LogP contribution in [0.4, 0.5) is 5.69 Å². The second-order valence-corrected chi connectivity index (χ2v) is 4.05. The van der Waals surface area contributed by atoms with Crippen molar-refractivity contribution in [1.29, 1.82) is 0 Å². The molecule has 1 aliphatic carbocycles. The first kappa shape index (κ1) is 10.8. The van der Waals surface area contributed by atoms with Crippen molar-refractivity contribution < 1.29 is 14.9 Å². The van der Waals surface area contributed by atoms with E-state index in [0.717, 1.165) is 12.8 Å². The summed E-state index contributed by atoms with van der Waals surface area (Å²) in [5, 5.41) is 20.2. The van der Waals surface area contributed by atoms with E-state index < -0.39 is 10.3 Å². The van der Waals surface area contributed by atoms with E-state index in [4.69, 9.17) is 5.90 Å². The lowest BCUT2D eigenvalue weighted by atomic mass is 9.95. The van der Waals surface area contributed by atoms with Gasteiger partial charge in [0.2, 0.25) is 0 Å². The average Bonchev–Trinajstić information content (AvgIpc) is 2.99.